The number of nitriles is 1. The van der Waals surface area contributed by atoms with E-state index >= 15 is 0 Å². The Balaban J connectivity index is 0.000000163. The number of benzene rings is 2. The number of aromatic nitrogens is 4. The molecule has 188 valence electrons. The number of aldehydes is 1. The van der Waals surface area contributed by atoms with Gasteiger partial charge in [-0.3, -0.25) is 9.59 Å². The third-order valence-electron chi connectivity index (χ3n) is 6.18. The van der Waals surface area contributed by atoms with Crippen molar-refractivity contribution in [3.63, 3.8) is 0 Å². The number of nitrogens with zero attached hydrogens (tertiary/aromatic N) is 3. The van der Waals surface area contributed by atoms with Gasteiger partial charge in [0.2, 0.25) is 0 Å². The standard InChI is InChI=1S/C17H12N4O.C14H10N2O/c18-9-13(16(19)22)8-11-3-5-12(6-4-11)15-10-21-17-14(15)2-1-7-20-17;17-9-10-3-5-11(6-4-10)13-8-16-14-12(13)2-1-7-15-14/h1-8,10H,(H2,19,22)(H,20,21);1-9H,(H,15,16)/b13-8+;. The van der Waals surface area contributed by atoms with Crippen LogP contribution in [0.1, 0.15) is 15.9 Å². The Bertz CT molecular complexity index is 1860. The summed E-state index contributed by atoms with van der Waals surface area (Å²) in [6.45, 7) is 0. The van der Waals surface area contributed by atoms with Crippen LogP contribution in [0, 0.1) is 11.3 Å². The normalized spacial score (nSPS) is 11.0. The van der Waals surface area contributed by atoms with E-state index in [9.17, 15) is 9.59 Å². The molecule has 4 N–H and O–H groups in total. The lowest BCUT2D eigenvalue weighted by Crippen LogP contribution is -2.12. The van der Waals surface area contributed by atoms with Gasteiger partial charge in [-0.1, -0.05) is 48.5 Å². The van der Waals surface area contributed by atoms with Gasteiger partial charge in [0.25, 0.3) is 5.91 Å². The average molecular weight is 511 g/mol. The summed E-state index contributed by atoms with van der Waals surface area (Å²) in [5, 5.41) is 11.0. The zero-order chi connectivity index (χ0) is 27.2. The third kappa shape index (κ3) is 5.33. The van der Waals surface area contributed by atoms with E-state index in [-0.39, 0.29) is 5.57 Å². The summed E-state index contributed by atoms with van der Waals surface area (Å²) in [6, 6.07) is 24.7. The molecule has 2 aromatic carbocycles. The minimum Gasteiger partial charge on any atom is -0.365 e. The molecule has 8 heteroatoms. The summed E-state index contributed by atoms with van der Waals surface area (Å²) in [5.74, 6) is -0.728. The number of primary amides is 1. The van der Waals surface area contributed by atoms with Crippen LogP contribution in [-0.2, 0) is 4.79 Å². The third-order valence-corrected chi connectivity index (χ3v) is 6.18. The maximum Gasteiger partial charge on any atom is 0.259 e. The molecule has 0 unspecified atom stereocenters. The number of pyridine rings is 2. The van der Waals surface area contributed by atoms with Gasteiger partial charge in [0.05, 0.1) is 0 Å². The van der Waals surface area contributed by atoms with Crippen LogP contribution in [0.2, 0.25) is 0 Å². The van der Waals surface area contributed by atoms with Gasteiger partial charge in [-0.05, 0) is 47.0 Å². The van der Waals surface area contributed by atoms with Crippen LogP contribution >= 0.6 is 0 Å². The van der Waals surface area contributed by atoms with Gasteiger partial charge in [-0.15, -0.1) is 0 Å². The monoisotopic (exact) mass is 510 g/mol. The molecule has 0 aliphatic heterocycles. The van der Waals surface area contributed by atoms with Crippen molar-refractivity contribution in [2.45, 2.75) is 0 Å². The molecule has 6 aromatic rings. The highest BCUT2D eigenvalue weighted by atomic mass is 16.1. The first-order valence-electron chi connectivity index (χ1n) is 12.0. The van der Waals surface area contributed by atoms with Crippen molar-refractivity contribution in [3.8, 4) is 28.3 Å². The summed E-state index contributed by atoms with van der Waals surface area (Å²) in [5.41, 5.74) is 12.5. The van der Waals surface area contributed by atoms with Crippen LogP contribution in [0.4, 0.5) is 0 Å². The minimum atomic E-state index is -0.728. The first kappa shape index (κ1) is 24.9. The van der Waals surface area contributed by atoms with Crippen LogP contribution in [0.25, 0.3) is 50.4 Å². The molecule has 0 bridgehead atoms. The molecule has 0 saturated carbocycles. The topological polar surface area (TPSA) is 141 Å². The van der Waals surface area contributed by atoms with Crippen LogP contribution < -0.4 is 5.73 Å². The number of hydrogen-bond donors (Lipinski definition) is 3. The highest BCUT2D eigenvalue weighted by molar-refractivity contribution is 6.00. The zero-order valence-electron chi connectivity index (χ0n) is 20.6. The van der Waals surface area contributed by atoms with Crippen molar-refractivity contribution in [1.29, 1.82) is 5.26 Å². The van der Waals surface area contributed by atoms with E-state index in [2.05, 4.69) is 19.9 Å². The molecule has 0 fully saturated rings. The predicted molar refractivity (Wildman–Crippen MR) is 151 cm³/mol. The predicted octanol–water partition coefficient (Wildman–Crippen LogP) is 5.66. The Labute approximate surface area is 223 Å². The smallest absolute Gasteiger partial charge is 0.259 e. The number of aromatic amines is 2. The van der Waals surface area contributed by atoms with Gasteiger partial charge in [0.15, 0.2) is 0 Å². The van der Waals surface area contributed by atoms with Crippen molar-refractivity contribution < 1.29 is 9.59 Å². The number of rotatable bonds is 5. The van der Waals surface area contributed by atoms with Crippen LogP contribution in [0.15, 0.2) is 103 Å². The molecule has 0 spiro atoms. The number of nitrogens with two attached hydrogens (primary N) is 1. The maximum absolute atomic E-state index is 11.1. The molecule has 0 atom stereocenters. The highest BCUT2D eigenvalue weighted by Gasteiger charge is 2.08. The fraction of sp³-hybridized carbons (Fsp3) is 0. The van der Waals surface area contributed by atoms with E-state index in [4.69, 9.17) is 11.0 Å². The lowest BCUT2D eigenvalue weighted by atomic mass is 10.0. The number of carbonyl (C=O) groups is 2. The van der Waals surface area contributed by atoms with E-state index in [0.717, 1.165) is 56.2 Å². The van der Waals surface area contributed by atoms with Gasteiger partial charge >= 0.3 is 0 Å². The zero-order valence-corrected chi connectivity index (χ0v) is 20.6. The number of carbonyl (C=O) groups excluding carboxylic acids is 2. The molecule has 0 saturated heterocycles. The molecular formula is C31H22N6O2. The second kappa shape index (κ2) is 11.1. The Hall–Kier alpha value is -5.81. The molecule has 8 nitrogen and oxygen atoms in total. The second-order valence-electron chi connectivity index (χ2n) is 8.60. The number of H-pyrrole nitrogens is 2. The highest BCUT2D eigenvalue weighted by Crippen LogP contribution is 2.28. The fourth-order valence-corrected chi connectivity index (χ4v) is 4.21. The second-order valence-corrected chi connectivity index (χ2v) is 8.60. The van der Waals surface area contributed by atoms with Crippen molar-refractivity contribution in [3.05, 3.63) is 114 Å². The Morgan fingerprint density at radius 1 is 0.769 bits per heavy atom. The largest absolute Gasteiger partial charge is 0.365 e. The molecule has 4 aromatic heterocycles. The van der Waals surface area contributed by atoms with Crippen LogP contribution in [0.5, 0.6) is 0 Å². The van der Waals surface area contributed by atoms with Crippen LogP contribution in [-0.4, -0.2) is 32.1 Å². The van der Waals surface area contributed by atoms with Crippen molar-refractivity contribution in [2.75, 3.05) is 0 Å². The lowest BCUT2D eigenvalue weighted by molar-refractivity contribution is -0.114. The molecule has 1 amide bonds. The lowest BCUT2D eigenvalue weighted by Gasteiger charge is -2.01. The summed E-state index contributed by atoms with van der Waals surface area (Å²) >= 11 is 0. The van der Waals surface area contributed by atoms with Gasteiger partial charge in [-0.2, -0.15) is 5.26 Å². The van der Waals surface area contributed by atoms with Gasteiger partial charge in [0, 0.05) is 52.3 Å². The van der Waals surface area contributed by atoms with E-state index in [1.807, 2.05) is 85.2 Å². The van der Waals surface area contributed by atoms with Crippen molar-refractivity contribution >= 4 is 40.3 Å². The molecule has 0 aliphatic carbocycles. The SMILES string of the molecule is N#C/C(=C\c1ccc(-c2c[nH]c3ncccc23)cc1)C(N)=O.O=Cc1ccc(-c2c[nH]c3ncccc23)cc1. The first-order valence-corrected chi connectivity index (χ1v) is 12.0. The molecule has 0 aliphatic rings. The number of hydrogen-bond acceptors (Lipinski definition) is 5. The fourth-order valence-electron chi connectivity index (χ4n) is 4.21. The quantitative estimate of drug-likeness (QED) is 0.156. The van der Waals surface area contributed by atoms with Crippen molar-refractivity contribution in [1.82, 2.24) is 19.9 Å². The number of amides is 1. The molecule has 4 heterocycles. The maximum atomic E-state index is 11.1. The summed E-state index contributed by atoms with van der Waals surface area (Å²) in [4.78, 5) is 36.4. The van der Waals surface area contributed by atoms with E-state index < -0.39 is 5.91 Å². The van der Waals surface area contributed by atoms with Crippen LogP contribution in [0.3, 0.4) is 0 Å². The Kier molecular flexibility index (Phi) is 7.06. The summed E-state index contributed by atoms with van der Waals surface area (Å²) in [7, 11) is 0. The number of fused-ring (bicyclic) bond motifs is 2. The van der Waals surface area contributed by atoms with E-state index in [1.165, 1.54) is 6.08 Å². The Morgan fingerprint density at radius 3 is 1.69 bits per heavy atom. The van der Waals surface area contributed by atoms with E-state index in [1.54, 1.807) is 18.5 Å². The van der Waals surface area contributed by atoms with E-state index in [0.29, 0.717) is 5.56 Å². The number of nitrogens with one attached hydrogen (secondary N) is 2. The van der Waals surface area contributed by atoms with Gasteiger partial charge < -0.3 is 15.7 Å². The van der Waals surface area contributed by atoms with Gasteiger partial charge in [-0.25, -0.2) is 9.97 Å². The minimum absolute atomic E-state index is 0.0657. The average Bonchev–Trinajstić information content (AvgIpc) is 3.61. The molecular weight excluding hydrogens is 488 g/mol. The summed E-state index contributed by atoms with van der Waals surface area (Å²) in [6.07, 6.45) is 9.67. The molecule has 39 heavy (non-hydrogen) atoms. The molecule has 0 radical (unpaired) electrons. The first-order chi connectivity index (χ1) is 19.1. The summed E-state index contributed by atoms with van der Waals surface area (Å²) < 4.78 is 0. The van der Waals surface area contributed by atoms with Crippen molar-refractivity contribution in [2.24, 2.45) is 5.73 Å². The Morgan fingerprint density at radius 2 is 1.26 bits per heavy atom. The molecule has 6 rings (SSSR count). The van der Waals surface area contributed by atoms with Gasteiger partial charge in [0.1, 0.15) is 29.2 Å².